The molecule has 10 amide bonds. The summed E-state index contributed by atoms with van der Waals surface area (Å²) < 4.78 is 0. The molecule has 13 atom stereocenters. The number of carbonyl (C=O) groups is 13. The molecule has 0 aliphatic carbocycles. The Balaban J connectivity index is 3.36. The number of carboxylic acid groups (broad SMARTS) is 3. The SMILES string of the molecule is CC[C@H](C)[C@H](NC(=O)[C@H](CC(=O)O)NC(=O)[C@H](CCC(N)=O)NC(=O)[C@@H](NC(=O)[C@H](CO)NC(=O)[C@H](CO)NC(=O)[C@H](CCC(=O)O)NC(=O)[C@@H](N)Cc1cnc[nH]1)C(C)C)C(=O)N[C@H](C(=O)N[C@H](C(=O)O)[C@@H](C)O)[C@@H](C)CC. The van der Waals surface area contributed by atoms with Gasteiger partial charge in [0.15, 0.2) is 6.04 Å². The highest BCUT2D eigenvalue weighted by Gasteiger charge is 2.39. The monoisotopic (exact) mass is 1130 g/mol. The van der Waals surface area contributed by atoms with Gasteiger partial charge in [-0.05, 0) is 37.5 Å². The zero-order valence-electron chi connectivity index (χ0n) is 44.9. The number of H-pyrrole nitrogens is 1. The summed E-state index contributed by atoms with van der Waals surface area (Å²) in [6.07, 6.45) is -1.76. The number of carbonyl (C=O) groups excluding carboxylic acids is 10. The number of rotatable bonds is 37. The van der Waals surface area contributed by atoms with Crippen molar-refractivity contribution in [2.75, 3.05) is 13.2 Å². The van der Waals surface area contributed by atoms with E-state index in [0.29, 0.717) is 5.69 Å². The van der Waals surface area contributed by atoms with E-state index in [-0.39, 0.29) is 19.3 Å². The third-order valence-corrected chi connectivity index (χ3v) is 12.4. The number of hydrogen-bond donors (Lipinski definition) is 18. The molecule has 0 spiro atoms. The van der Waals surface area contributed by atoms with Crippen molar-refractivity contribution >= 4 is 77.0 Å². The quantitative estimate of drug-likeness (QED) is 0.0295. The predicted octanol–water partition coefficient (Wildman–Crippen LogP) is -6.55. The van der Waals surface area contributed by atoms with E-state index in [2.05, 4.69) is 57.8 Å². The van der Waals surface area contributed by atoms with Gasteiger partial charge in [-0.2, -0.15) is 0 Å². The molecule has 1 aromatic heterocycles. The number of aliphatic hydroxyl groups excluding tert-OH is 3. The van der Waals surface area contributed by atoms with E-state index in [1.54, 1.807) is 20.8 Å². The Morgan fingerprint density at radius 3 is 1.33 bits per heavy atom. The molecule has 0 fully saturated rings. The van der Waals surface area contributed by atoms with Crippen LogP contribution in [0.15, 0.2) is 12.5 Å². The first-order chi connectivity index (χ1) is 36.9. The summed E-state index contributed by atoms with van der Waals surface area (Å²) in [7, 11) is 0. The normalized spacial score (nSPS) is 16.1. The summed E-state index contributed by atoms with van der Waals surface area (Å²) in [4.78, 5) is 175. The van der Waals surface area contributed by atoms with E-state index in [1.165, 1.54) is 33.3 Å². The van der Waals surface area contributed by atoms with Crippen LogP contribution in [0.1, 0.15) is 99.1 Å². The molecule has 1 rings (SSSR count). The molecule has 0 bridgehead atoms. The number of imidazole rings is 1. The first kappa shape index (κ1) is 69.2. The average Bonchev–Trinajstić information content (AvgIpc) is 3.89. The molecule has 0 aliphatic rings. The van der Waals surface area contributed by atoms with Gasteiger partial charge in [-0.1, -0.05) is 54.4 Å². The summed E-state index contributed by atoms with van der Waals surface area (Å²) in [6, 6.07) is -16.7. The van der Waals surface area contributed by atoms with Gasteiger partial charge in [-0.25, -0.2) is 9.78 Å². The molecule has 0 radical (unpaired) electrons. The number of primary amides is 1. The Morgan fingerprint density at radius 2 is 0.924 bits per heavy atom. The van der Waals surface area contributed by atoms with E-state index in [1.807, 2.05) is 0 Å². The number of aromatic amines is 1. The lowest BCUT2D eigenvalue weighted by Crippen LogP contribution is -2.62. The molecule has 32 nitrogen and oxygen atoms in total. The average molecular weight is 1130 g/mol. The van der Waals surface area contributed by atoms with Crippen LogP contribution in [-0.2, 0) is 68.7 Å². The van der Waals surface area contributed by atoms with Crippen LogP contribution in [0.5, 0.6) is 0 Å². The fourth-order valence-electron chi connectivity index (χ4n) is 7.27. The van der Waals surface area contributed by atoms with Crippen LogP contribution >= 0.6 is 0 Å². The van der Waals surface area contributed by atoms with Gasteiger partial charge in [-0.15, -0.1) is 0 Å². The van der Waals surface area contributed by atoms with Gasteiger partial charge in [-0.3, -0.25) is 57.5 Å². The van der Waals surface area contributed by atoms with Crippen LogP contribution in [-0.4, -0.2) is 197 Å². The smallest absolute Gasteiger partial charge is 0.328 e. The van der Waals surface area contributed by atoms with E-state index in [9.17, 15) is 93.0 Å². The molecule has 79 heavy (non-hydrogen) atoms. The molecule has 0 saturated heterocycles. The highest BCUT2D eigenvalue weighted by Crippen LogP contribution is 2.15. The van der Waals surface area contributed by atoms with Gasteiger partial charge in [0.2, 0.25) is 59.1 Å². The molecule has 32 heteroatoms. The maximum absolute atomic E-state index is 13.9. The first-order valence-corrected chi connectivity index (χ1v) is 25.2. The number of nitrogens with two attached hydrogens (primary N) is 2. The van der Waals surface area contributed by atoms with Crippen LogP contribution in [0.25, 0.3) is 0 Å². The number of aromatic nitrogens is 2. The number of hydrogen-bond acceptors (Lipinski definition) is 18. The zero-order valence-corrected chi connectivity index (χ0v) is 44.9. The van der Waals surface area contributed by atoms with Gasteiger partial charge in [0.1, 0.15) is 48.3 Å². The molecular formula is C47H77N13O19. The second-order valence-corrected chi connectivity index (χ2v) is 19.1. The van der Waals surface area contributed by atoms with Crippen molar-refractivity contribution in [1.29, 1.82) is 0 Å². The van der Waals surface area contributed by atoms with Crippen LogP contribution in [0, 0.1) is 17.8 Å². The maximum Gasteiger partial charge on any atom is 0.328 e. The molecule has 0 aliphatic heterocycles. The lowest BCUT2D eigenvalue weighted by atomic mass is 9.94. The second-order valence-electron chi connectivity index (χ2n) is 19.1. The Morgan fingerprint density at radius 1 is 0.532 bits per heavy atom. The van der Waals surface area contributed by atoms with Crippen molar-refractivity contribution in [3.63, 3.8) is 0 Å². The Labute approximate surface area is 453 Å². The molecule has 0 aromatic carbocycles. The summed E-state index contributed by atoms with van der Waals surface area (Å²) in [5.74, 6) is -17.8. The van der Waals surface area contributed by atoms with E-state index >= 15 is 0 Å². The standard InChI is InChI=1S/C47H77N13O19/c1-8-21(5)35(45(76)59-36(22(6)9-2)46(77)60-37(23(7)63)47(78)79)58-41(72)28(15-33(67)68)54-39(70)26(10-12-31(49)64)53-44(75)34(20(3)4)57-43(74)30(18-62)56-42(73)29(17-61)55-40(71)27(11-13-32(65)66)52-38(69)25(48)14-24-16-50-19-51-24/h16,19-23,25-30,34-37,61-63H,8-15,17-18,48H2,1-7H3,(H2,49,64)(H,50,51)(H,52,69)(H,53,75)(H,54,70)(H,55,71)(H,56,73)(H,57,74)(H,58,72)(H,59,76)(H,60,77)(H,65,66)(H,67,68)(H,78,79)/t21-,22-,23+,25-,26-,27-,28-,29-,30-,34-,35-,36-,37-/m0/s1. The topological polar surface area (TPSA) is 532 Å². The Bertz CT molecular complexity index is 2280. The van der Waals surface area contributed by atoms with Crippen molar-refractivity contribution in [2.24, 2.45) is 29.2 Å². The first-order valence-electron chi connectivity index (χ1n) is 25.2. The predicted molar refractivity (Wildman–Crippen MR) is 272 cm³/mol. The fraction of sp³-hybridized carbons (Fsp3) is 0.660. The van der Waals surface area contributed by atoms with Gasteiger partial charge in [0.25, 0.3) is 0 Å². The third-order valence-electron chi connectivity index (χ3n) is 12.4. The van der Waals surface area contributed by atoms with Crippen molar-refractivity contribution in [2.45, 2.75) is 166 Å². The fourth-order valence-corrected chi connectivity index (χ4v) is 7.27. The Kier molecular flexibility index (Phi) is 29.9. The zero-order chi connectivity index (χ0) is 60.4. The van der Waals surface area contributed by atoms with Crippen LogP contribution in [0.2, 0.25) is 0 Å². The highest BCUT2D eigenvalue weighted by molar-refractivity contribution is 5.99. The summed E-state index contributed by atoms with van der Waals surface area (Å²) >= 11 is 0. The second kappa shape index (κ2) is 34.1. The van der Waals surface area contributed by atoms with Crippen molar-refractivity contribution in [1.82, 2.24) is 57.8 Å². The molecule has 1 heterocycles. The minimum absolute atomic E-state index is 0.0591. The van der Waals surface area contributed by atoms with Crippen molar-refractivity contribution in [3.8, 4) is 0 Å². The largest absolute Gasteiger partial charge is 0.481 e. The van der Waals surface area contributed by atoms with Crippen LogP contribution in [0.4, 0.5) is 0 Å². The minimum atomic E-state index is -1.99. The lowest BCUT2D eigenvalue weighted by Gasteiger charge is -2.31. The van der Waals surface area contributed by atoms with Gasteiger partial charge >= 0.3 is 17.9 Å². The summed E-state index contributed by atoms with van der Waals surface area (Å²) in [5.41, 5.74) is 11.7. The number of aliphatic hydroxyl groups is 3. The van der Waals surface area contributed by atoms with Gasteiger partial charge < -0.3 is 94.9 Å². The molecule has 1 aromatic rings. The summed E-state index contributed by atoms with van der Waals surface area (Å²) in [5, 5.41) is 79.0. The number of amides is 10. The molecule has 0 saturated carbocycles. The number of nitrogens with zero attached hydrogens (tertiary/aromatic N) is 1. The van der Waals surface area contributed by atoms with Crippen LogP contribution < -0.4 is 59.3 Å². The van der Waals surface area contributed by atoms with Gasteiger partial charge in [0.05, 0.1) is 38.1 Å². The number of aliphatic carboxylic acids is 3. The number of nitrogens with one attached hydrogen (secondary N) is 10. The lowest BCUT2D eigenvalue weighted by molar-refractivity contribution is -0.145. The minimum Gasteiger partial charge on any atom is -0.481 e. The van der Waals surface area contributed by atoms with Gasteiger partial charge in [0, 0.05) is 31.2 Å². The molecule has 444 valence electrons. The highest BCUT2D eigenvalue weighted by atomic mass is 16.4. The van der Waals surface area contributed by atoms with Crippen LogP contribution in [0.3, 0.4) is 0 Å². The number of carboxylic acids is 3. The summed E-state index contributed by atoms with van der Waals surface area (Å²) in [6.45, 7) is 8.10. The molecule has 0 unspecified atom stereocenters. The maximum atomic E-state index is 13.9. The van der Waals surface area contributed by atoms with E-state index in [0.717, 1.165) is 6.92 Å². The Hall–Kier alpha value is -7.84. The third kappa shape index (κ3) is 23.7. The van der Waals surface area contributed by atoms with Crippen molar-refractivity contribution in [3.05, 3.63) is 18.2 Å². The van der Waals surface area contributed by atoms with E-state index in [4.69, 9.17) is 11.5 Å². The van der Waals surface area contributed by atoms with Crippen molar-refractivity contribution < 1.29 is 93.0 Å². The molecular weight excluding hydrogens is 1050 g/mol. The molecule has 20 N–H and O–H groups in total. The van der Waals surface area contributed by atoms with E-state index < -0.39 is 207 Å².